The van der Waals surface area contributed by atoms with E-state index in [4.69, 9.17) is 9.47 Å². The summed E-state index contributed by atoms with van der Waals surface area (Å²) in [4.78, 5) is 29.2. The quantitative estimate of drug-likeness (QED) is 0.369. The van der Waals surface area contributed by atoms with E-state index in [1.54, 1.807) is 29.9 Å². The summed E-state index contributed by atoms with van der Waals surface area (Å²) < 4.78 is 12.1. The number of anilines is 1. The van der Waals surface area contributed by atoms with Crippen LogP contribution in [0.5, 0.6) is 11.5 Å². The van der Waals surface area contributed by atoms with Crippen LogP contribution in [0.3, 0.4) is 0 Å². The second kappa shape index (κ2) is 11.9. The Bertz CT molecular complexity index is 1090. The van der Waals surface area contributed by atoms with Gasteiger partial charge in [0.1, 0.15) is 18.0 Å². The number of methoxy groups -OCH3 is 2. The highest BCUT2D eigenvalue weighted by Gasteiger charge is 2.16. The number of rotatable bonds is 11. The third-order valence-electron chi connectivity index (χ3n) is 4.71. The summed E-state index contributed by atoms with van der Waals surface area (Å²) in [6.07, 6.45) is 1.50. The molecule has 0 fully saturated rings. The summed E-state index contributed by atoms with van der Waals surface area (Å²) in [7, 11) is 3.06. The van der Waals surface area contributed by atoms with E-state index in [-0.39, 0.29) is 30.7 Å². The predicted octanol–water partition coefficient (Wildman–Crippen LogP) is 2.44. The summed E-state index contributed by atoms with van der Waals surface area (Å²) in [5, 5.41) is 15.7. The van der Waals surface area contributed by atoms with Crippen molar-refractivity contribution >= 4 is 29.3 Å². The van der Waals surface area contributed by atoms with Crippen molar-refractivity contribution in [1.82, 2.24) is 14.9 Å². The average molecular weight is 471 g/mol. The highest BCUT2D eigenvalue weighted by Crippen LogP contribution is 2.29. The maximum atomic E-state index is 12.5. The normalized spacial score (nSPS) is 10.5. The lowest BCUT2D eigenvalue weighted by Gasteiger charge is -2.13. The molecule has 10 heteroatoms. The fraction of sp³-hybridized carbons (Fsp3) is 0.261. The lowest BCUT2D eigenvalue weighted by Crippen LogP contribution is -2.28. The Kier molecular flexibility index (Phi) is 8.73. The molecule has 0 aliphatic carbocycles. The molecule has 3 aromatic rings. The van der Waals surface area contributed by atoms with Crippen molar-refractivity contribution in [3.63, 3.8) is 0 Å². The molecule has 0 aliphatic rings. The van der Waals surface area contributed by atoms with E-state index < -0.39 is 0 Å². The standard InChI is InChI=1S/C23H26N4O5S/c1-31-18-8-9-19(20(10-18)32-2)26-22(30)15-33-23-25-12-17(14-28)27(23)13-21(29)24-11-16-6-4-3-5-7-16/h3-10,12,28H,11,13-15H2,1-2H3,(H,24,29)(H,26,30). The van der Waals surface area contributed by atoms with Gasteiger partial charge < -0.3 is 29.8 Å². The first-order valence-electron chi connectivity index (χ1n) is 10.1. The van der Waals surface area contributed by atoms with Crippen LogP contribution >= 0.6 is 11.8 Å². The molecule has 0 radical (unpaired) electrons. The number of hydrogen-bond donors (Lipinski definition) is 3. The lowest BCUT2D eigenvalue weighted by molar-refractivity contribution is -0.122. The third kappa shape index (κ3) is 6.74. The lowest BCUT2D eigenvalue weighted by atomic mass is 10.2. The second-order valence-corrected chi connectivity index (χ2v) is 7.88. The topological polar surface area (TPSA) is 115 Å². The summed E-state index contributed by atoms with van der Waals surface area (Å²) in [5.41, 5.74) is 1.99. The molecule has 0 saturated heterocycles. The van der Waals surface area contributed by atoms with Crippen LogP contribution in [0.15, 0.2) is 59.9 Å². The van der Waals surface area contributed by atoms with Crippen LogP contribution in [0, 0.1) is 0 Å². The molecule has 0 spiro atoms. The number of amides is 2. The van der Waals surface area contributed by atoms with Gasteiger partial charge in [0.15, 0.2) is 5.16 Å². The van der Waals surface area contributed by atoms with Crippen LogP contribution in [-0.2, 0) is 29.3 Å². The largest absolute Gasteiger partial charge is 0.497 e. The smallest absolute Gasteiger partial charge is 0.240 e. The maximum Gasteiger partial charge on any atom is 0.240 e. The van der Waals surface area contributed by atoms with Gasteiger partial charge in [-0.15, -0.1) is 0 Å². The second-order valence-electron chi connectivity index (χ2n) is 6.94. The minimum atomic E-state index is -0.269. The number of nitrogens with zero attached hydrogens (tertiary/aromatic N) is 2. The molecule has 0 atom stereocenters. The number of aromatic nitrogens is 2. The number of nitrogens with one attached hydrogen (secondary N) is 2. The summed E-state index contributed by atoms with van der Waals surface area (Å²) in [6.45, 7) is 0.116. The molecule has 1 aromatic heterocycles. The first kappa shape index (κ1) is 24.1. The van der Waals surface area contributed by atoms with E-state index >= 15 is 0 Å². The Labute approximate surface area is 196 Å². The first-order chi connectivity index (χ1) is 16.0. The number of aliphatic hydroxyl groups excluding tert-OH is 1. The van der Waals surface area contributed by atoms with Crippen LogP contribution in [0.25, 0.3) is 0 Å². The van der Waals surface area contributed by atoms with Crippen molar-refractivity contribution in [2.24, 2.45) is 0 Å². The Morgan fingerprint density at radius 3 is 2.58 bits per heavy atom. The van der Waals surface area contributed by atoms with Gasteiger partial charge in [0.2, 0.25) is 11.8 Å². The number of hydrogen-bond acceptors (Lipinski definition) is 7. The van der Waals surface area contributed by atoms with Crippen molar-refractivity contribution in [3.05, 3.63) is 66.0 Å². The molecular weight excluding hydrogens is 444 g/mol. The van der Waals surface area contributed by atoms with Crippen molar-refractivity contribution in [2.45, 2.75) is 24.9 Å². The van der Waals surface area contributed by atoms with Crippen LogP contribution in [-0.4, -0.2) is 46.4 Å². The van der Waals surface area contributed by atoms with Gasteiger partial charge in [-0.25, -0.2) is 4.98 Å². The Morgan fingerprint density at radius 1 is 1.09 bits per heavy atom. The van der Waals surface area contributed by atoms with E-state index in [9.17, 15) is 14.7 Å². The highest BCUT2D eigenvalue weighted by atomic mass is 32.2. The van der Waals surface area contributed by atoms with E-state index in [0.717, 1.165) is 5.56 Å². The zero-order chi connectivity index (χ0) is 23.6. The molecule has 174 valence electrons. The minimum Gasteiger partial charge on any atom is -0.497 e. The van der Waals surface area contributed by atoms with Gasteiger partial charge in [0.05, 0.1) is 44.2 Å². The van der Waals surface area contributed by atoms with Crippen LogP contribution in [0.2, 0.25) is 0 Å². The molecule has 0 aliphatic heterocycles. The van der Waals surface area contributed by atoms with Crippen molar-refractivity contribution in [2.75, 3.05) is 25.3 Å². The van der Waals surface area contributed by atoms with Crippen molar-refractivity contribution < 1.29 is 24.2 Å². The summed E-state index contributed by atoms with van der Waals surface area (Å²) in [6, 6.07) is 14.7. The molecule has 2 aromatic carbocycles. The fourth-order valence-electron chi connectivity index (χ4n) is 3.02. The van der Waals surface area contributed by atoms with Crippen LogP contribution in [0.4, 0.5) is 5.69 Å². The van der Waals surface area contributed by atoms with E-state index in [2.05, 4.69) is 15.6 Å². The summed E-state index contributed by atoms with van der Waals surface area (Å²) in [5.74, 6) is 0.663. The van der Waals surface area contributed by atoms with Crippen LogP contribution in [0.1, 0.15) is 11.3 Å². The first-order valence-corrected chi connectivity index (χ1v) is 11.1. The average Bonchev–Trinajstić information content (AvgIpc) is 3.23. The minimum absolute atomic E-state index is 0.0149. The maximum absolute atomic E-state index is 12.5. The molecule has 0 unspecified atom stereocenters. The molecule has 3 N–H and O–H groups in total. The van der Waals surface area contributed by atoms with E-state index in [1.165, 1.54) is 25.1 Å². The molecule has 2 amide bonds. The Balaban J connectivity index is 1.59. The fourth-order valence-corrected chi connectivity index (χ4v) is 3.81. The SMILES string of the molecule is COc1ccc(NC(=O)CSc2ncc(CO)n2CC(=O)NCc2ccccc2)c(OC)c1. The molecule has 1 heterocycles. The van der Waals surface area contributed by atoms with Gasteiger partial charge in [-0.05, 0) is 17.7 Å². The number of carbonyl (C=O) groups excluding carboxylic acids is 2. The van der Waals surface area contributed by atoms with Gasteiger partial charge in [0.25, 0.3) is 0 Å². The van der Waals surface area contributed by atoms with Gasteiger partial charge in [-0.1, -0.05) is 42.1 Å². The molecule has 33 heavy (non-hydrogen) atoms. The Hall–Kier alpha value is -3.50. The molecule has 3 rings (SSSR count). The molecular formula is C23H26N4O5S. The number of carbonyl (C=O) groups is 2. The monoisotopic (exact) mass is 470 g/mol. The zero-order valence-electron chi connectivity index (χ0n) is 18.4. The van der Waals surface area contributed by atoms with Crippen molar-refractivity contribution in [3.8, 4) is 11.5 Å². The predicted molar refractivity (Wildman–Crippen MR) is 125 cm³/mol. The van der Waals surface area contributed by atoms with E-state index in [1.807, 2.05) is 30.3 Å². The third-order valence-corrected chi connectivity index (χ3v) is 5.70. The molecule has 0 saturated carbocycles. The number of benzene rings is 2. The van der Waals surface area contributed by atoms with Crippen LogP contribution < -0.4 is 20.1 Å². The number of ether oxygens (including phenoxy) is 2. The molecule has 9 nitrogen and oxygen atoms in total. The molecule has 0 bridgehead atoms. The summed E-state index contributed by atoms with van der Waals surface area (Å²) >= 11 is 1.17. The zero-order valence-corrected chi connectivity index (χ0v) is 19.2. The van der Waals surface area contributed by atoms with Gasteiger partial charge >= 0.3 is 0 Å². The Morgan fingerprint density at radius 2 is 1.88 bits per heavy atom. The van der Waals surface area contributed by atoms with Gasteiger partial charge in [-0.3, -0.25) is 9.59 Å². The number of thioether (sulfide) groups is 1. The van der Waals surface area contributed by atoms with E-state index in [0.29, 0.717) is 34.6 Å². The van der Waals surface area contributed by atoms with Crippen molar-refractivity contribution in [1.29, 1.82) is 0 Å². The van der Waals surface area contributed by atoms with Gasteiger partial charge in [0, 0.05) is 12.6 Å². The number of aliphatic hydroxyl groups is 1. The number of imidazole rings is 1. The van der Waals surface area contributed by atoms with Gasteiger partial charge in [-0.2, -0.15) is 0 Å². The highest BCUT2D eigenvalue weighted by molar-refractivity contribution is 7.99.